The molecule has 2 aromatic heterocycles. The molecule has 4 rings (SSSR count). The third-order valence-corrected chi connectivity index (χ3v) is 5.57. The Morgan fingerprint density at radius 2 is 1.88 bits per heavy atom. The highest BCUT2D eigenvalue weighted by molar-refractivity contribution is 5.93. The van der Waals surface area contributed by atoms with Crippen LogP contribution in [0.4, 0.5) is 10.2 Å². The number of nitrogens with one attached hydrogen (secondary N) is 1. The first kappa shape index (κ1) is 22.8. The van der Waals surface area contributed by atoms with Gasteiger partial charge < -0.3 is 10.1 Å². The van der Waals surface area contributed by atoms with Crippen molar-refractivity contribution in [1.29, 1.82) is 0 Å². The molecular formula is C25H28FN5O2. The fourth-order valence-electron chi connectivity index (χ4n) is 3.74. The Labute approximate surface area is 193 Å². The third-order valence-electron chi connectivity index (χ3n) is 5.57. The van der Waals surface area contributed by atoms with Gasteiger partial charge in [0.15, 0.2) is 0 Å². The second kappa shape index (κ2) is 10.5. The Morgan fingerprint density at radius 1 is 1.12 bits per heavy atom. The molecule has 1 atom stereocenters. The van der Waals surface area contributed by atoms with Gasteiger partial charge >= 0.3 is 0 Å². The van der Waals surface area contributed by atoms with Crippen LogP contribution in [-0.2, 0) is 17.8 Å². The van der Waals surface area contributed by atoms with E-state index in [0.29, 0.717) is 23.5 Å². The number of ether oxygens (including phenoxy) is 1. The lowest BCUT2D eigenvalue weighted by Crippen LogP contribution is -2.48. The third kappa shape index (κ3) is 6.34. The number of nitrogens with zero attached hydrogens (tertiary/aromatic N) is 4. The van der Waals surface area contributed by atoms with E-state index < -0.39 is 0 Å². The summed E-state index contributed by atoms with van der Waals surface area (Å²) in [5.41, 5.74) is 1.90. The molecule has 1 aliphatic rings. The van der Waals surface area contributed by atoms with Gasteiger partial charge in [-0.05, 0) is 48.4 Å². The van der Waals surface area contributed by atoms with Gasteiger partial charge in [0.25, 0.3) is 0 Å². The van der Waals surface area contributed by atoms with Crippen molar-refractivity contribution >= 4 is 11.7 Å². The molecule has 7 nitrogen and oxygen atoms in total. The average molecular weight is 450 g/mol. The van der Waals surface area contributed by atoms with Crippen LogP contribution in [0.5, 0.6) is 11.6 Å². The van der Waals surface area contributed by atoms with Crippen molar-refractivity contribution < 1.29 is 13.9 Å². The van der Waals surface area contributed by atoms with Gasteiger partial charge in [-0.25, -0.2) is 14.4 Å². The zero-order chi connectivity index (χ0) is 23.2. The van der Waals surface area contributed by atoms with Gasteiger partial charge in [0.1, 0.15) is 17.4 Å². The summed E-state index contributed by atoms with van der Waals surface area (Å²) in [5, 5.41) is 3.44. The van der Waals surface area contributed by atoms with Gasteiger partial charge in [0.05, 0.1) is 6.42 Å². The highest BCUT2D eigenvalue weighted by Crippen LogP contribution is 2.20. The van der Waals surface area contributed by atoms with Crippen molar-refractivity contribution in [2.24, 2.45) is 0 Å². The molecule has 3 heterocycles. The highest BCUT2D eigenvalue weighted by Gasteiger charge is 2.17. The Bertz CT molecular complexity index is 1060. The van der Waals surface area contributed by atoms with Gasteiger partial charge in [-0.2, -0.15) is 0 Å². The molecule has 1 aliphatic heterocycles. The highest BCUT2D eigenvalue weighted by atomic mass is 19.1. The van der Waals surface area contributed by atoms with E-state index in [1.807, 2.05) is 18.3 Å². The Morgan fingerprint density at radius 3 is 2.55 bits per heavy atom. The SMILES string of the molecule is C[C@H]1CN(Cc2ccc(N(C)C(=O)Cc3ccc(Oc4ccc(F)cc4)nc3)nc2)CCN1. The number of amides is 1. The minimum absolute atomic E-state index is 0.0832. The Balaban J connectivity index is 1.31. The van der Waals surface area contributed by atoms with Crippen molar-refractivity contribution in [3.8, 4) is 11.6 Å². The number of likely N-dealkylation sites (N-methyl/N-ethyl adjacent to an activating group) is 1. The molecule has 1 aromatic carbocycles. The predicted octanol–water partition coefficient (Wildman–Crippen LogP) is 3.41. The lowest BCUT2D eigenvalue weighted by atomic mass is 10.2. The van der Waals surface area contributed by atoms with Crippen LogP contribution in [0.25, 0.3) is 0 Å². The number of pyridine rings is 2. The maximum Gasteiger partial charge on any atom is 0.232 e. The van der Waals surface area contributed by atoms with E-state index in [4.69, 9.17) is 4.74 Å². The van der Waals surface area contributed by atoms with Gasteiger partial charge in [-0.1, -0.05) is 12.1 Å². The van der Waals surface area contributed by atoms with Gasteiger partial charge in [-0.15, -0.1) is 0 Å². The molecule has 0 aliphatic carbocycles. The average Bonchev–Trinajstić information content (AvgIpc) is 2.82. The van der Waals surface area contributed by atoms with Crippen LogP contribution in [0.1, 0.15) is 18.1 Å². The summed E-state index contributed by atoms with van der Waals surface area (Å²) in [6.07, 6.45) is 3.65. The lowest BCUT2D eigenvalue weighted by Gasteiger charge is -2.31. The molecule has 0 bridgehead atoms. The van der Waals surface area contributed by atoms with E-state index in [-0.39, 0.29) is 18.1 Å². The van der Waals surface area contributed by atoms with E-state index in [1.54, 1.807) is 30.3 Å². The standard InChI is InChI=1S/C25H28FN5O2/c1-18-16-31(12-11-27-18)17-20-3-9-23(28-15-20)30(2)25(32)13-19-4-10-24(29-14-19)33-22-7-5-21(26)6-8-22/h3-10,14-15,18,27H,11-13,16-17H2,1-2H3/t18-/m0/s1. The first-order chi connectivity index (χ1) is 16.0. The summed E-state index contributed by atoms with van der Waals surface area (Å²) in [7, 11) is 1.72. The summed E-state index contributed by atoms with van der Waals surface area (Å²) in [5.74, 6) is 1.07. The normalized spacial score (nSPS) is 16.4. The van der Waals surface area contributed by atoms with E-state index in [0.717, 1.165) is 37.3 Å². The zero-order valence-corrected chi connectivity index (χ0v) is 18.9. The fraction of sp³-hybridized carbons (Fsp3) is 0.320. The number of anilines is 1. The van der Waals surface area contributed by atoms with E-state index in [2.05, 4.69) is 27.1 Å². The number of piperazine rings is 1. The van der Waals surface area contributed by atoms with Crippen molar-refractivity contribution in [1.82, 2.24) is 20.2 Å². The molecule has 1 fully saturated rings. The molecule has 1 amide bonds. The molecule has 3 aromatic rings. The molecule has 33 heavy (non-hydrogen) atoms. The summed E-state index contributed by atoms with van der Waals surface area (Å²) in [4.78, 5) is 25.4. The van der Waals surface area contributed by atoms with Crippen LogP contribution in [0, 0.1) is 5.82 Å². The number of benzene rings is 1. The molecular weight excluding hydrogens is 421 g/mol. The summed E-state index contributed by atoms with van der Waals surface area (Å²) in [6.45, 7) is 6.08. The van der Waals surface area contributed by atoms with Gasteiger partial charge in [0.2, 0.25) is 11.8 Å². The minimum atomic E-state index is -0.327. The number of carbonyl (C=O) groups is 1. The van der Waals surface area contributed by atoms with Crippen molar-refractivity contribution in [2.45, 2.75) is 25.9 Å². The quantitative estimate of drug-likeness (QED) is 0.596. The number of aromatic nitrogens is 2. The molecule has 0 radical (unpaired) electrons. The largest absolute Gasteiger partial charge is 0.439 e. The van der Waals surface area contributed by atoms with Crippen molar-refractivity contribution in [3.63, 3.8) is 0 Å². The summed E-state index contributed by atoms with van der Waals surface area (Å²) < 4.78 is 18.6. The maximum atomic E-state index is 13.0. The number of rotatable bonds is 7. The Hall–Kier alpha value is -3.36. The first-order valence-electron chi connectivity index (χ1n) is 11.0. The molecule has 1 N–H and O–H groups in total. The van der Waals surface area contributed by atoms with Gasteiger partial charge in [0, 0.05) is 57.7 Å². The molecule has 172 valence electrons. The number of hydrogen-bond donors (Lipinski definition) is 1. The van der Waals surface area contributed by atoms with Crippen molar-refractivity contribution in [3.05, 3.63) is 77.9 Å². The number of carbonyl (C=O) groups excluding carboxylic acids is 1. The van der Waals surface area contributed by atoms with E-state index in [9.17, 15) is 9.18 Å². The van der Waals surface area contributed by atoms with Crippen LogP contribution < -0.4 is 15.0 Å². The van der Waals surface area contributed by atoms with Crippen LogP contribution in [0.3, 0.4) is 0 Å². The number of hydrogen-bond acceptors (Lipinski definition) is 6. The van der Waals surface area contributed by atoms with Crippen LogP contribution in [-0.4, -0.2) is 53.5 Å². The topological polar surface area (TPSA) is 70.6 Å². The van der Waals surface area contributed by atoms with E-state index in [1.165, 1.54) is 24.3 Å². The molecule has 0 spiro atoms. The Kier molecular flexibility index (Phi) is 7.26. The van der Waals surface area contributed by atoms with Gasteiger partial charge in [-0.3, -0.25) is 14.6 Å². The fourth-order valence-corrected chi connectivity index (χ4v) is 3.74. The van der Waals surface area contributed by atoms with Crippen LogP contribution in [0.2, 0.25) is 0 Å². The molecule has 8 heteroatoms. The second-order valence-electron chi connectivity index (χ2n) is 8.31. The monoisotopic (exact) mass is 449 g/mol. The van der Waals surface area contributed by atoms with Crippen molar-refractivity contribution in [2.75, 3.05) is 31.6 Å². The summed E-state index contributed by atoms with van der Waals surface area (Å²) >= 11 is 0. The predicted molar refractivity (Wildman–Crippen MR) is 125 cm³/mol. The lowest BCUT2D eigenvalue weighted by molar-refractivity contribution is -0.117. The molecule has 0 unspecified atom stereocenters. The smallest absolute Gasteiger partial charge is 0.232 e. The van der Waals surface area contributed by atoms with Crippen LogP contribution in [0.15, 0.2) is 60.9 Å². The molecule has 0 saturated carbocycles. The zero-order valence-electron chi connectivity index (χ0n) is 18.9. The second-order valence-corrected chi connectivity index (χ2v) is 8.31. The minimum Gasteiger partial charge on any atom is -0.439 e. The first-order valence-corrected chi connectivity index (χ1v) is 11.0. The molecule has 1 saturated heterocycles. The maximum absolute atomic E-state index is 13.0. The van der Waals surface area contributed by atoms with E-state index >= 15 is 0 Å². The van der Waals surface area contributed by atoms with Crippen LogP contribution >= 0.6 is 0 Å². The summed E-state index contributed by atoms with van der Waals surface area (Å²) in [6, 6.07) is 13.6. The number of halogens is 1.